The molecule has 7 nitrogen and oxygen atoms in total. The highest BCUT2D eigenvalue weighted by atomic mass is 32.2. The molecule has 3 aliphatic rings. The van der Waals surface area contributed by atoms with Crippen LogP contribution in [0.4, 0.5) is 0 Å². The van der Waals surface area contributed by atoms with Gasteiger partial charge in [-0.2, -0.15) is 0 Å². The summed E-state index contributed by atoms with van der Waals surface area (Å²) in [4.78, 5) is 44.1. The summed E-state index contributed by atoms with van der Waals surface area (Å²) in [5.41, 5.74) is 0.965. The lowest BCUT2D eigenvalue weighted by molar-refractivity contribution is -0.151. The quantitative estimate of drug-likeness (QED) is 0.479. The zero-order valence-electron chi connectivity index (χ0n) is 20.7. The van der Waals surface area contributed by atoms with Crippen LogP contribution in [-0.4, -0.2) is 72.5 Å². The summed E-state index contributed by atoms with van der Waals surface area (Å²) in [5, 5.41) is 20.5. The van der Waals surface area contributed by atoms with Gasteiger partial charge in [0.2, 0.25) is 11.8 Å². The molecular formula is C27H36N2O5S. The average Bonchev–Trinajstić information content (AvgIpc) is 3.38. The fourth-order valence-electron chi connectivity index (χ4n) is 6.60. The van der Waals surface area contributed by atoms with Crippen molar-refractivity contribution in [3.63, 3.8) is 0 Å². The van der Waals surface area contributed by atoms with Crippen LogP contribution in [0.2, 0.25) is 0 Å². The van der Waals surface area contributed by atoms with E-state index in [0.29, 0.717) is 32.4 Å². The van der Waals surface area contributed by atoms with Crippen LogP contribution in [0.15, 0.2) is 43.0 Å². The highest BCUT2D eigenvalue weighted by Crippen LogP contribution is 2.71. The van der Waals surface area contributed by atoms with Gasteiger partial charge < -0.3 is 20.0 Å². The first-order chi connectivity index (χ1) is 16.6. The molecule has 190 valence electrons. The minimum atomic E-state index is -0.982. The van der Waals surface area contributed by atoms with Gasteiger partial charge in [0.15, 0.2) is 0 Å². The second-order valence-electron chi connectivity index (χ2n) is 10.8. The molecule has 8 heteroatoms. The summed E-state index contributed by atoms with van der Waals surface area (Å²) >= 11 is 1.52. The molecule has 2 N–H and O–H groups in total. The number of likely N-dealkylation sites (tertiary alicyclic amines) is 1. The van der Waals surface area contributed by atoms with Crippen molar-refractivity contribution in [3.8, 4) is 0 Å². The first-order valence-corrected chi connectivity index (χ1v) is 13.2. The Kier molecular flexibility index (Phi) is 7.08. The number of fused-ring (bicyclic) bond motifs is 1. The van der Waals surface area contributed by atoms with Crippen molar-refractivity contribution in [1.29, 1.82) is 0 Å². The molecule has 4 rings (SSSR count). The highest BCUT2D eigenvalue weighted by molar-refractivity contribution is 8.02. The number of carbonyl (C=O) groups is 3. The first-order valence-electron chi connectivity index (χ1n) is 12.4. The van der Waals surface area contributed by atoms with Gasteiger partial charge in [-0.1, -0.05) is 50.3 Å². The van der Waals surface area contributed by atoms with Crippen molar-refractivity contribution in [2.24, 2.45) is 17.8 Å². The van der Waals surface area contributed by atoms with Crippen LogP contribution in [0, 0.1) is 17.8 Å². The number of carboxylic acids is 1. The molecule has 35 heavy (non-hydrogen) atoms. The summed E-state index contributed by atoms with van der Waals surface area (Å²) in [6, 6.07) is 8.30. The molecule has 1 aromatic carbocycles. The van der Waals surface area contributed by atoms with E-state index in [-0.39, 0.29) is 24.3 Å². The molecule has 3 fully saturated rings. The molecule has 3 heterocycles. The van der Waals surface area contributed by atoms with E-state index in [1.165, 1.54) is 11.8 Å². The minimum Gasteiger partial charge on any atom is -0.481 e. The molecule has 0 aromatic heterocycles. The molecule has 1 spiro atoms. The number of amides is 2. The molecule has 2 bridgehead atoms. The topological polar surface area (TPSA) is 98.2 Å². The highest BCUT2D eigenvalue weighted by Gasteiger charge is 2.78. The third kappa shape index (κ3) is 4.18. The average molecular weight is 501 g/mol. The smallest absolute Gasteiger partial charge is 0.308 e. The number of carbonyl (C=O) groups excluding carboxylic acids is 2. The molecule has 3 saturated heterocycles. The Morgan fingerprint density at radius 2 is 1.97 bits per heavy atom. The van der Waals surface area contributed by atoms with Gasteiger partial charge >= 0.3 is 5.97 Å². The predicted octanol–water partition coefficient (Wildman–Crippen LogP) is 3.17. The van der Waals surface area contributed by atoms with Crippen LogP contribution < -0.4 is 0 Å². The van der Waals surface area contributed by atoms with Crippen molar-refractivity contribution in [2.45, 2.75) is 68.2 Å². The summed E-state index contributed by atoms with van der Waals surface area (Å²) in [5.74, 6) is -2.92. The van der Waals surface area contributed by atoms with Gasteiger partial charge in [0.05, 0.1) is 29.2 Å². The number of nitrogens with zero attached hydrogens (tertiary/aromatic N) is 2. The molecule has 0 aliphatic carbocycles. The molecule has 1 aromatic rings. The van der Waals surface area contributed by atoms with Crippen LogP contribution in [-0.2, 0) is 20.9 Å². The zero-order chi connectivity index (χ0) is 25.5. The van der Waals surface area contributed by atoms with Crippen molar-refractivity contribution in [1.82, 2.24) is 9.80 Å². The van der Waals surface area contributed by atoms with E-state index in [1.807, 2.05) is 51.1 Å². The maximum Gasteiger partial charge on any atom is 0.308 e. The number of aliphatic hydroxyl groups excluding tert-OH is 1. The van der Waals surface area contributed by atoms with Gasteiger partial charge in [-0.3, -0.25) is 14.4 Å². The maximum absolute atomic E-state index is 14.3. The monoisotopic (exact) mass is 500 g/mol. The van der Waals surface area contributed by atoms with Gasteiger partial charge in [0.1, 0.15) is 6.04 Å². The van der Waals surface area contributed by atoms with Crippen molar-refractivity contribution < 1.29 is 24.6 Å². The zero-order valence-corrected chi connectivity index (χ0v) is 21.5. The number of hydrogen-bond donors (Lipinski definition) is 2. The molecule has 2 unspecified atom stereocenters. The van der Waals surface area contributed by atoms with E-state index < -0.39 is 39.4 Å². The third-order valence-corrected chi connectivity index (χ3v) is 9.93. The molecule has 2 amide bonds. The van der Waals surface area contributed by atoms with E-state index in [9.17, 15) is 24.6 Å². The second-order valence-corrected chi connectivity index (χ2v) is 12.7. The fourth-order valence-corrected chi connectivity index (χ4v) is 8.93. The van der Waals surface area contributed by atoms with Gasteiger partial charge in [0.25, 0.3) is 0 Å². The summed E-state index contributed by atoms with van der Waals surface area (Å²) in [6.07, 6.45) is 3.46. The van der Waals surface area contributed by atoms with Gasteiger partial charge in [-0.15, -0.1) is 18.3 Å². The number of hydrogen-bond acceptors (Lipinski definition) is 5. The van der Waals surface area contributed by atoms with E-state index in [2.05, 4.69) is 6.58 Å². The molecule has 6 atom stereocenters. The second kappa shape index (κ2) is 9.62. The SMILES string of the molecule is C=CCN(Cc1ccccc1)C(=O)C1N([C@@H](CO)CC(C)C)C(=O)[C@@H]2[C@@H](C(=O)O)[C@@]3(C)CCC12S3. The maximum atomic E-state index is 14.3. The Labute approximate surface area is 211 Å². The third-order valence-electron chi connectivity index (χ3n) is 7.94. The minimum absolute atomic E-state index is 0.194. The number of thioether (sulfide) groups is 1. The van der Waals surface area contributed by atoms with Crippen LogP contribution in [0.1, 0.15) is 45.6 Å². The lowest BCUT2D eigenvalue weighted by Gasteiger charge is -2.40. The van der Waals surface area contributed by atoms with E-state index in [4.69, 9.17) is 0 Å². The Morgan fingerprint density at radius 1 is 1.29 bits per heavy atom. The molecular weight excluding hydrogens is 464 g/mol. The van der Waals surface area contributed by atoms with Crippen LogP contribution >= 0.6 is 11.8 Å². The Hall–Kier alpha value is -2.32. The van der Waals surface area contributed by atoms with Gasteiger partial charge in [0, 0.05) is 17.8 Å². The lowest BCUT2D eigenvalue weighted by Crippen LogP contribution is -2.57. The standard InChI is InChI=1S/C27H36N2O5S/c1-5-13-28(15-18-9-7-6-8-10-18)24(32)22-27-12-11-26(4,35-27)21(25(33)34)20(27)23(31)29(22)19(16-30)14-17(2)3/h5-10,17,19-22,30H,1,11-16H2,2-4H3,(H,33,34)/t19-,20+,21+,22?,26-,27?/m1/s1. The molecule has 0 radical (unpaired) electrons. The lowest BCUT2D eigenvalue weighted by atomic mass is 9.66. The van der Waals surface area contributed by atoms with Gasteiger partial charge in [-0.25, -0.2) is 0 Å². The number of rotatable bonds is 10. The van der Waals surface area contributed by atoms with Crippen molar-refractivity contribution >= 4 is 29.5 Å². The summed E-state index contributed by atoms with van der Waals surface area (Å²) in [6.45, 7) is 10.2. The Morgan fingerprint density at radius 3 is 2.54 bits per heavy atom. The fraction of sp³-hybridized carbons (Fsp3) is 0.593. The predicted molar refractivity (Wildman–Crippen MR) is 136 cm³/mol. The molecule has 0 saturated carbocycles. The normalized spacial score (nSPS) is 32.1. The summed E-state index contributed by atoms with van der Waals surface area (Å²) < 4.78 is -1.40. The van der Waals surface area contributed by atoms with E-state index in [1.54, 1.807) is 15.9 Å². The number of aliphatic carboxylic acids is 1. The number of benzene rings is 1. The van der Waals surface area contributed by atoms with E-state index in [0.717, 1.165) is 5.56 Å². The van der Waals surface area contributed by atoms with Crippen LogP contribution in [0.25, 0.3) is 0 Å². The Balaban J connectivity index is 1.80. The number of carboxylic acid groups (broad SMARTS) is 1. The van der Waals surface area contributed by atoms with Crippen LogP contribution in [0.5, 0.6) is 0 Å². The van der Waals surface area contributed by atoms with Gasteiger partial charge in [-0.05, 0) is 37.7 Å². The van der Waals surface area contributed by atoms with Crippen molar-refractivity contribution in [3.05, 3.63) is 48.6 Å². The summed E-state index contributed by atoms with van der Waals surface area (Å²) in [7, 11) is 0. The first kappa shape index (κ1) is 25.8. The van der Waals surface area contributed by atoms with E-state index >= 15 is 0 Å². The largest absolute Gasteiger partial charge is 0.481 e. The van der Waals surface area contributed by atoms with Crippen LogP contribution in [0.3, 0.4) is 0 Å². The Bertz CT molecular complexity index is 1000. The van der Waals surface area contributed by atoms with Crippen molar-refractivity contribution in [2.75, 3.05) is 13.2 Å². The molecule has 3 aliphatic heterocycles. The number of aliphatic hydroxyl groups is 1.